The van der Waals surface area contributed by atoms with Gasteiger partial charge in [-0.1, -0.05) is 19.8 Å². The van der Waals surface area contributed by atoms with Gasteiger partial charge in [-0.25, -0.2) is 0 Å². The summed E-state index contributed by atoms with van der Waals surface area (Å²) < 4.78 is 4.98. The van der Waals surface area contributed by atoms with Crippen molar-refractivity contribution < 1.29 is 9.53 Å². The summed E-state index contributed by atoms with van der Waals surface area (Å²) >= 11 is 0. The molecule has 3 heteroatoms. The van der Waals surface area contributed by atoms with Gasteiger partial charge in [0.1, 0.15) is 0 Å². The van der Waals surface area contributed by atoms with E-state index in [1.54, 1.807) is 0 Å². The first-order valence-corrected chi connectivity index (χ1v) is 6.55. The molecule has 1 aliphatic rings. The molecule has 1 N–H and O–H groups in total. The van der Waals surface area contributed by atoms with Crippen LogP contribution in [0, 0.1) is 11.8 Å². The van der Waals surface area contributed by atoms with E-state index in [1.807, 2.05) is 13.8 Å². The minimum absolute atomic E-state index is 0.0381. The average molecular weight is 227 g/mol. The Morgan fingerprint density at radius 3 is 2.56 bits per heavy atom. The zero-order valence-electron chi connectivity index (χ0n) is 10.8. The predicted octanol–water partition coefficient (Wildman–Crippen LogP) is 2.35. The van der Waals surface area contributed by atoms with Crippen LogP contribution in [-0.4, -0.2) is 25.2 Å². The first kappa shape index (κ1) is 13.5. The molecule has 16 heavy (non-hydrogen) atoms. The summed E-state index contributed by atoms with van der Waals surface area (Å²) in [6.45, 7) is 7.21. The molecule has 3 nitrogen and oxygen atoms in total. The van der Waals surface area contributed by atoms with E-state index in [4.69, 9.17) is 4.74 Å². The van der Waals surface area contributed by atoms with Gasteiger partial charge >= 0.3 is 5.97 Å². The molecule has 0 aromatic carbocycles. The summed E-state index contributed by atoms with van der Waals surface area (Å²) in [7, 11) is 0. The monoisotopic (exact) mass is 227 g/mol. The summed E-state index contributed by atoms with van der Waals surface area (Å²) in [6, 6.07) is 0.527. The number of carbonyl (C=O) groups excluding carboxylic acids is 1. The molecule has 0 aromatic rings. The van der Waals surface area contributed by atoms with Crippen molar-refractivity contribution in [2.45, 2.75) is 52.5 Å². The van der Waals surface area contributed by atoms with E-state index < -0.39 is 0 Å². The Kier molecular flexibility index (Phi) is 5.81. The number of rotatable bonds is 6. The smallest absolute Gasteiger partial charge is 0.309 e. The van der Waals surface area contributed by atoms with Crippen molar-refractivity contribution in [1.82, 2.24) is 5.32 Å². The molecular formula is C13H25NO2. The molecule has 0 aliphatic heterocycles. The second-order valence-corrected chi connectivity index (χ2v) is 4.89. The minimum Gasteiger partial charge on any atom is -0.466 e. The van der Waals surface area contributed by atoms with Crippen LogP contribution < -0.4 is 5.32 Å². The van der Waals surface area contributed by atoms with Crippen molar-refractivity contribution in [3.63, 3.8) is 0 Å². The molecule has 1 fully saturated rings. The van der Waals surface area contributed by atoms with E-state index in [0.717, 1.165) is 12.5 Å². The van der Waals surface area contributed by atoms with Crippen LogP contribution in [0.1, 0.15) is 46.5 Å². The molecule has 0 heterocycles. The molecule has 0 bridgehead atoms. The van der Waals surface area contributed by atoms with E-state index in [0.29, 0.717) is 12.6 Å². The lowest BCUT2D eigenvalue weighted by Crippen LogP contribution is -2.37. The Hall–Kier alpha value is -0.570. The van der Waals surface area contributed by atoms with Crippen molar-refractivity contribution >= 4 is 5.97 Å². The van der Waals surface area contributed by atoms with Gasteiger partial charge in [0, 0.05) is 12.6 Å². The molecule has 0 amide bonds. The van der Waals surface area contributed by atoms with Crippen LogP contribution in [-0.2, 0) is 9.53 Å². The van der Waals surface area contributed by atoms with Crippen LogP contribution >= 0.6 is 0 Å². The quantitative estimate of drug-likeness (QED) is 0.708. The third-order valence-corrected chi connectivity index (χ3v) is 3.54. The Morgan fingerprint density at radius 1 is 1.38 bits per heavy atom. The van der Waals surface area contributed by atoms with E-state index in [2.05, 4.69) is 12.2 Å². The van der Waals surface area contributed by atoms with Gasteiger partial charge in [-0.2, -0.15) is 0 Å². The van der Waals surface area contributed by atoms with Crippen LogP contribution in [0.25, 0.3) is 0 Å². The Balaban J connectivity index is 2.19. The highest BCUT2D eigenvalue weighted by Gasteiger charge is 2.22. The lowest BCUT2D eigenvalue weighted by atomic mass is 9.99. The maximum Gasteiger partial charge on any atom is 0.309 e. The largest absolute Gasteiger partial charge is 0.466 e. The van der Waals surface area contributed by atoms with Gasteiger partial charge in [0.25, 0.3) is 0 Å². The highest BCUT2D eigenvalue weighted by atomic mass is 16.5. The summed E-state index contributed by atoms with van der Waals surface area (Å²) in [6.07, 6.45) is 5.40. The second-order valence-electron chi connectivity index (χ2n) is 4.89. The van der Waals surface area contributed by atoms with Gasteiger partial charge in [-0.05, 0) is 32.6 Å². The number of nitrogens with one attached hydrogen (secondary N) is 1. The highest BCUT2D eigenvalue weighted by Crippen LogP contribution is 2.27. The molecule has 1 rings (SSSR count). The topological polar surface area (TPSA) is 38.3 Å². The maximum absolute atomic E-state index is 11.4. The fourth-order valence-electron chi connectivity index (χ4n) is 2.35. The van der Waals surface area contributed by atoms with Crippen LogP contribution in [0.4, 0.5) is 0 Å². The molecule has 1 unspecified atom stereocenters. The molecule has 1 aliphatic carbocycles. The Bertz CT molecular complexity index is 212. The zero-order valence-corrected chi connectivity index (χ0v) is 10.8. The van der Waals surface area contributed by atoms with Gasteiger partial charge in [-0.3, -0.25) is 4.79 Å². The molecule has 94 valence electrons. The Labute approximate surface area is 98.9 Å². The zero-order chi connectivity index (χ0) is 12.0. The van der Waals surface area contributed by atoms with Gasteiger partial charge in [0.2, 0.25) is 0 Å². The van der Waals surface area contributed by atoms with Crippen LogP contribution in [0.2, 0.25) is 0 Å². The van der Waals surface area contributed by atoms with Gasteiger partial charge in [0.05, 0.1) is 12.5 Å². The number of hydrogen-bond donors (Lipinski definition) is 1. The third-order valence-electron chi connectivity index (χ3n) is 3.54. The minimum atomic E-state index is -0.0892. The number of hydrogen-bond acceptors (Lipinski definition) is 3. The van der Waals surface area contributed by atoms with Crippen LogP contribution in [0.3, 0.4) is 0 Å². The van der Waals surface area contributed by atoms with Crippen molar-refractivity contribution in [3.8, 4) is 0 Å². The van der Waals surface area contributed by atoms with E-state index >= 15 is 0 Å². The maximum atomic E-state index is 11.4. The van der Waals surface area contributed by atoms with Crippen molar-refractivity contribution in [2.75, 3.05) is 13.2 Å². The van der Waals surface area contributed by atoms with E-state index in [1.165, 1.54) is 25.7 Å². The van der Waals surface area contributed by atoms with E-state index in [9.17, 15) is 4.79 Å². The van der Waals surface area contributed by atoms with Gasteiger partial charge < -0.3 is 10.1 Å². The standard InChI is InChI=1S/C13H25NO2/c1-4-16-13(15)10(2)9-14-11(3)12-7-5-6-8-12/h10-12,14H,4-9H2,1-3H3/t10?,11-/m1/s1. The highest BCUT2D eigenvalue weighted by molar-refractivity contribution is 5.72. The average Bonchev–Trinajstić information content (AvgIpc) is 2.79. The predicted molar refractivity (Wildman–Crippen MR) is 65.2 cm³/mol. The van der Waals surface area contributed by atoms with Gasteiger partial charge in [-0.15, -0.1) is 0 Å². The van der Waals surface area contributed by atoms with Crippen LogP contribution in [0.5, 0.6) is 0 Å². The van der Waals surface area contributed by atoms with Crippen molar-refractivity contribution in [3.05, 3.63) is 0 Å². The summed E-state index contributed by atoms with van der Waals surface area (Å²) in [4.78, 5) is 11.4. The molecule has 0 saturated heterocycles. The summed E-state index contributed by atoms with van der Waals surface area (Å²) in [5.74, 6) is 0.673. The van der Waals surface area contributed by atoms with Crippen LogP contribution in [0.15, 0.2) is 0 Å². The fourth-order valence-corrected chi connectivity index (χ4v) is 2.35. The summed E-state index contributed by atoms with van der Waals surface area (Å²) in [5, 5.41) is 3.46. The second kappa shape index (κ2) is 6.89. The lowest BCUT2D eigenvalue weighted by molar-refractivity contribution is -0.147. The molecule has 0 radical (unpaired) electrons. The number of ether oxygens (including phenoxy) is 1. The first-order valence-electron chi connectivity index (χ1n) is 6.55. The van der Waals surface area contributed by atoms with Crippen molar-refractivity contribution in [1.29, 1.82) is 0 Å². The molecular weight excluding hydrogens is 202 g/mol. The molecule has 1 saturated carbocycles. The van der Waals surface area contributed by atoms with Crippen molar-refractivity contribution in [2.24, 2.45) is 11.8 Å². The lowest BCUT2D eigenvalue weighted by Gasteiger charge is -2.22. The van der Waals surface area contributed by atoms with Gasteiger partial charge in [0.15, 0.2) is 0 Å². The SMILES string of the molecule is CCOC(=O)C(C)CN[C@H](C)C1CCCC1. The number of carbonyl (C=O) groups is 1. The summed E-state index contributed by atoms with van der Waals surface area (Å²) in [5.41, 5.74) is 0. The molecule has 2 atom stereocenters. The molecule has 0 spiro atoms. The molecule has 0 aromatic heterocycles. The normalized spacial score (nSPS) is 20.7. The Morgan fingerprint density at radius 2 is 2.00 bits per heavy atom. The first-order chi connectivity index (χ1) is 7.65. The number of esters is 1. The van der Waals surface area contributed by atoms with E-state index in [-0.39, 0.29) is 11.9 Å². The fraction of sp³-hybridized carbons (Fsp3) is 0.923. The third kappa shape index (κ3) is 4.12.